The van der Waals surface area contributed by atoms with E-state index >= 15 is 0 Å². The molecule has 3 aromatic carbocycles. The number of hydrogen-bond acceptors (Lipinski definition) is 3. The van der Waals surface area contributed by atoms with Gasteiger partial charge in [0.05, 0.1) is 22.8 Å². The maximum absolute atomic E-state index is 10.3. The Balaban J connectivity index is 1.90. The first-order chi connectivity index (χ1) is 12.2. The summed E-state index contributed by atoms with van der Waals surface area (Å²) in [5.74, 6) is 0.162. The highest BCUT2D eigenvalue weighted by atomic mass is 35.5. The minimum atomic E-state index is 0.162. The summed E-state index contributed by atoms with van der Waals surface area (Å²) in [5, 5.41) is 10.9. The molecule has 0 amide bonds. The number of phenolic OH excluding ortho intramolecular Hbond substituents is 1. The number of hydrogen-bond donors (Lipinski definition) is 1. The summed E-state index contributed by atoms with van der Waals surface area (Å²) in [5.41, 5.74) is 4.91. The quantitative estimate of drug-likeness (QED) is 0.636. The lowest BCUT2D eigenvalue weighted by Gasteiger charge is -2.10. The van der Waals surface area contributed by atoms with Crippen LogP contribution in [0.1, 0.15) is 17.5 Å². The Bertz CT molecular complexity index is 994. The predicted octanol–water partition coefficient (Wildman–Crippen LogP) is 5.69. The van der Waals surface area contributed by atoms with Crippen molar-refractivity contribution in [2.75, 3.05) is 0 Å². The highest BCUT2D eigenvalue weighted by molar-refractivity contribution is 6.31. The molecule has 0 bridgehead atoms. The molecule has 0 spiro atoms. The van der Waals surface area contributed by atoms with Gasteiger partial charge in [0.25, 0.3) is 0 Å². The molecule has 25 heavy (non-hydrogen) atoms. The lowest BCUT2D eigenvalue weighted by atomic mass is 9.99. The van der Waals surface area contributed by atoms with E-state index in [0.717, 1.165) is 28.4 Å². The highest BCUT2D eigenvalue weighted by Crippen LogP contribution is 2.34. The van der Waals surface area contributed by atoms with Gasteiger partial charge in [0.1, 0.15) is 5.75 Å². The van der Waals surface area contributed by atoms with Gasteiger partial charge in [-0.2, -0.15) is 0 Å². The normalized spacial score (nSPS) is 13.5. The summed E-state index contributed by atoms with van der Waals surface area (Å²) in [6, 6.07) is 22.8. The molecule has 3 aromatic rings. The van der Waals surface area contributed by atoms with Gasteiger partial charge in [-0.25, -0.2) is 0 Å². The van der Waals surface area contributed by atoms with E-state index < -0.39 is 0 Å². The van der Waals surface area contributed by atoms with Crippen molar-refractivity contribution >= 4 is 34.4 Å². The second kappa shape index (κ2) is 6.54. The van der Waals surface area contributed by atoms with Crippen LogP contribution < -0.4 is 0 Å². The second-order valence-electron chi connectivity index (χ2n) is 5.81. The first-order valence-electron chi connectivity index (χ1n) is 7.99. The summed E-state index contributed by atoms with van der Waals surface area (Å²) >= 11 is 6.13. The van der Waals surface area contributed by atoms with Crippen LogP contribution in [0.2, 0.25) is 5.02 Å². The van der Waals surface area contributed by atoms with Gasteiger partial charge >= 0.3 is 0 Å². The largest absolute Gasteiger partial charge is 0.507 e. The van der Waals surface area contributed by atoms with Crippen molar-refractivity contribution < 1.29 is 5.11 Å². The van der Waals surface area contributed by atoms with Crippen molar-refractivity contribution in [2.45, 2.75) is 6.42 Å². The van der Waals surface area contributed by atoms with Crippen LogP contribution in [0.25, 0.3) is 0 Å². The third-order valence-electron chi connectivity index (χ3n) is 4.10. The Kier molecular flexibility index (Phi) is 4.08. The molecule has 1 N–H and O–H groups in total. The number of aliphatic imine (C=N–C) groups is 2. The lowest BCUT2D eigenvalue weighted by molar-refractivity contribution is 0.474. The van der Waals surface area contributed by atoms with Crippen LogP contribution in [0, 0.1) is 0 Å². The van der Waals surface area contributed by atoms with E-state index in [9.17, 15) is 5.11 Å². The number of benzene rings is 3. The van der Waals surface area contributed by atoms with Crippen LogP contribution in [0.3, 0.4) is 0 Å². The summed E-state index contributed by atoms with van der Waals surface area (Å²) in [6.07, 6.45) is 0.507. The van der Waals surface area contributed by atoms with Gasteiger partial charge in [0, 0.05) is 17.0 Å². The fourth-order valence-corrected chi connectivity index (χ4v) is 3.05. The maximum Gasteiger partial charge on any atom is 0.124 e. The van der Waals surface area contributed by atoms with Gasteiger partial charge in [-0.15, -0.1) is 0 Å². The molecule has 0 aliphatic carbocycles. The van der Waals surface area contributed by atoms with Gasteiger partial charge in [-0.05, 0) is 35.9 Å². The van der Waals surface area contributed by atoms with E-state index in [0.29, 0.717) is 17.0 Å². The van der Waals surface area contributed by atoms with Crippen molar-refractivity contribution in [2.24, 2.45) is 9.98 Å². The monoisotopic (exact) mass is 346 g/mol. The Hall–Kier alpha value is -2.91. The molecule has 0 saturated carbocycles. The molecule has 1 aliphatic rings. The van der Waals surface area contributed by atoms with Crippen molar-refractivity contribution in [3.63, 3.8) is 0 Å². The van der Waals surface area contributed by atoms with E-state index in [1.807, 2.05) is 54.6 Å². The lowest BCUT2D eigenvalue weighted by Crippen LogP contribution is -2.10. The van der Waals surface area contributed by atoms with Crippen LogP contribution in [0.15, 0.2) is 82.8 Å². The Morgan fingerprint density at radius 1 is 0.760 bits per heavy atom. The average Bonchev–Trinajstić information content (AvgIpc) is 2.84. The summed E-state index contributed by atoms with van der Waals surface area (Å²) in [6.45, 7) is 0. The van der Waals surface area contributed by atoms with E-state index in [2.05, 4.69) is 0 Å². The molecular formula is C21H15ClN2O. The van der Waals surface area contributed by atoms with E-state index in [4.69, 9.17) is 21.6 Å². The summed E-state index contributed by atoms with van der Waals surface area (Å²) in [7, 11) is 0. The van der Waals surface area contributed by atoms with Crippen LogP contribution >= 0.6 is 11.6 Å². The molecule has 0 unspecified atom stereocenters. The van der Waals surface area contributed by atoms with Crippen molar-refractivity contribution in [1.29, 1.82) is 0 Å². The first kappa shape index (κ1) is 15.6. The number of nitrogens with zero attached hydrogens (tertiary/aromatic N) is 2. The fraction of sp³-hybridized carbons (Fsp3) is 0.0476. The summed E-state index contributed by atoms with van der Waals surface area (Å²) in [4.78, 5) is 9.60. The zero-order valence-electron chi connectivity index (χ0n) is 13.4. The molecule has 0 atom stereocenters. The van der Waals surface area contributed by atoms with Crippen molar-refractivity contribution in [3.05, 3.63) is 88.9 Å². The van der Waals surface area contributed by atoms with Crippen LogP contribution in [0.5, 0.6) is 5.75 Å². The van der Waals surface area contributed by atoms with Gasteiger partial charge in [-0.1, -0.05) is 54.1 Å². The maximum atomic E-state index is 10.3. The number of aromatic hydroxyl groups is 1. The van der Waals surface area contributed by atoms with E-state index in [1.54, 1.807) is 18.2 Å². The van der Waals surface area contributed by atoms with Gasteiger partial charge in [-0.3, -0.25) is 9.98 Å². The third-order valence-corrected chi connectivity index (χ3v) is 4.34. The van der Waals surface area contributed by atoms with Crippen molar-refractivity contribution in [1.82, 2.24) is 0 Å². The predicted molar refractivity (Wildman–Crippen MR) is 103 cm³/mol. The molecule has 1 aliphatic heterocycles. The van der Waals surface area contributed by atoms with Gasteiger partial charge in [0.15, 0.2) is 0 Å². The SMILES string of the molecule is Oc1ccc(Cl)cc1C1=Nc2ccccc2N=C(c2ccccc2)C1. The first-order valence-corrected chi connectivity index (χ1v) is 8.37. The minimum absolute atomic E-state index is 0.162. The fourth-order valence-electron chi connectivity index (χ4n) is 2.87. The minimum Gasteiger partial charge on any atom is -0.507 e. The molecule has 0 saturated heterocycles. The summed E-state index contributed by atoms with van der Waals surface area (Å²) < 4.78 is 0. The topological polar surface area (TPSA) is 45.0 Å². The number of phenols is 1. The van der Waals surface area contributed by atoms with Crippen LogP contribution in [0.4, 0.5) is 11.4 Å². The smallest absolute Gasteiger partial charge is 0.124 e. The molecule has 4 heteroatoms. The number of halogens is 1. The Labute approximate surface area is 151 Å². The second-order valence-corrected chi connectivity index (χ2v) is 6.25. The molecular weight excluding hydrogens is 332 g/mol. The van der Waals surface area contributed by atoms with E-state index in [-0.39, 0.29) is 5.75 Å². The zero-order chi connectivity index (χ0) is 17.2. The molecule has 0 fully saturated rings. The molecule has 122 valence electrons. The third kappa shape index (κ3) is 3.19. The van der Waals surface area contributed by atoms with E-state index in [1.165, 1.54) is 0 Å². The zero-order valence-corrected chi connectivity index (χ0v) is 14.1. The number of rotatable bonds is 2. The molecule has 0 radical (unpaired) electrons. The van der Waals surface area contributed by atoms with Crippen LogP contribution in [-0.4, -0.2) is 16.5 Å². The molecule has 4 rings (SSSR count). The molecule has 3 nitrogen and oxygen atoms in total. The Morgan fingerprint density at radius 2 is 1.40 bits per heavy atom. The van der Waals surface area contributed by atoms with Crippen LogP contribution in [-0.2, 0) is 0 Å². The van der Waals surface area contributed by atoms with Gasteiger partial charge < -0.3 is 5.11 Å². The molecule has 0 aromatic heterocycles. The Morgan fingerprint density at radius 3 is 2.12 bits per heavy atom. The number of fused-ring (bicyclic) bond motifs is 1. The van der Waals surface area contributed by atoms with Crippen molar-refractivity contribution in [3.8, 4) is 5.75 Å². The average molecular weight is 347 g/mol. The highest BCUT2D eigenvalue weighted by Gasteiger charge is 2.18. The van der Waals surface area contributed by atoms with Gasteiger partial charge in [0.2, 0.25) is 0 Å². The standard InChI is InChI=1S/C21H15ClN2O/c22-15-10-11-21(25)16(12-15)20-13-19(14-6-2-1-3-7-14)23-17-8-4-5-9-18(17)24-20/h1-12,25H,13H2. The number of para-hydroxylation sites is 2. The molecule has 1 heterocycles.